The van der Waals surface area contributed by atoms with Gasteiger partial charge in [0.2, 0.25) is 0 Å². The molecule has 1 aliphatic heterocycles. The lowest BCUT2D eigenvalue weighted by Gasteiger charge is -2.14. The standard InChI is InChI=1S/C19H24N2O4S2.ClH/c1-20(2)10-11-25-17(22)8-5-9-21-18(23)16(27-19(21)26)13-14-6-4-7-15(12-14)24-3;/h4,6-7,12-13H,5,8-11H2,1-3H3;1H/b16-13-;. The minimum absolute atomic E-state index is 0. The lowest BCUT2D eigenvalue weighted by atomic mass is 10.2. The van der Waals surface area contributed by atoms with Crippen molar-refractivity contribution in [2.24, 2.45) is 0 Å². The van der Waals surface area contributed by atoms with Gasteiger partial charge in [-0.25, -0.2) is 0 Å². The van der Waals surface area contributed by atoms with Crippen molar-refractivity contribution in [3.8, 4) is 5.75 Å². The van der Waals surface area contributed by atoms with Gasteiger partial charge in [-0.05, 0) is 44.3 Å². The van der Waals surface area contributed by atoms with Gasteiger partial charge in [-0.15, -0.1) is 12.4 Å². The van der Waals surface area contributed by atoms with Crippen molar-refractivity contribution in [2.45, 2.75) is 12.8 Å². The fourth-order valence-electron chi connectivity index (χ4n) is 2.37. The van der Waals surface area contributed by atoms with E-state index in [9.17, 15) is 9.59 Å². The Morgan fingerprint density at radius 1 is 1.36 bits per heavy atom. The van der Waals surface area contributed by atoms with Crippen molar-refractivity contribution in [1.82, 2.24) is 9.80 Å². The predicted octanol–water partition coefficient (Wildman–Crippen LogP) is 3.20. The van der Waals surface area contributed by atoms with Crippen molar-refractivity contribution < 1.29 is 19.1 Å². The monoisotopic (exact) mass is 444 g/mol. The maximum atomic E-state index is 12.6. The van der Waals surface area contributed by atoms with Crippen LogP contribution in [0.1, 0.15) is 18.4 Å². The van der Waals surface area contributed by atoms with Gasteiger partial charge in [-0.1, -0.05) is 36.1 Å². The van der Waals surface area contributed by atoms with Crippen LogP contribution in [-0.2, 0) is 14.3 Å². The number of nitrogens with zero attached hydrogens (tertiary/aromatic N) is 2. The molecule has 28 heavy (non-hydrogen) atoms. The summed E-state index contributed by atoms with van der Waals surface area (Å²) in [5.41, 5.74) is 0.874. The minimum atomic E-state index is -0.255. The first-order valence-corrected chi connectivity index (χ1v) is 9.83. The first-order valence-electron chi connectivity index (χ1n) is 8.60. The molecule has 1 aliphatic rings. The molecule has 1 aromatic rings. The second-order valence-electron chi connectivity index (χ2n) is 6.24. The number of hydrogen-bond donors (Lipinski definition) is 0. The molecule has 2 rings (SSSR count). The maximum absolute atomic E-state index is 12.6. The van der Waals surface area contributed by atoms with E-state index >= 15 is 0 Å². The fourth-order valence-corrected chi connectivity index (χ4v) is 3.68. The van der Waals surface area contributed by atoms with Gasteiger partial charge in [-0.3, -0.25) is 14.5 Å². The van der Waals surface area contributed by atoms with Crippen LogP contribution in [0.3, 0.4) is 0 Å². The summed E-state index contributed by atoms with van der Waals surface area (Å²) in [6.07, 6.45) is 2.58. The molecule has 0 saturated carbocycles. The van der Waals surface area contributed by atoms with E-state index in [0.29, 0.717) is 35.3 Å². The van der Waals surface area contributed by atoms with Gasteiger partial charge in [0.05, 0.1) is 12.0 Å². The molecule has 0 aliphatic carbocycles. The van der Waals surface area contributed by atoms with Crippen molar-refractivity contribution in [3.05, 3.63) is 34.7 Å². The van der Waals surface area contributed by atoms with Crippen molar-refractivity contribution in [2.75, 3.05) is 40.9 Å². The highest BCUT2D eigenvalue weighted by Gasteiger charge is 2.31. The largest absolute Gasteiger partial charge is 0.497 e. The zero-order valence-electron chi connectivity index (χ0n) is 16.2. The summed E-state index contributed by atoms with van der Waals surface area (Å²) >= 11 is 6.59. The summed E-state index contributed by atoms with van der Waals surface area (Å²) in [4.78, 5) is 28.4. The summed E-state index contributed by atoms with van der Waals surface area (Å²) in [5.74, 6) is 0.343. The molecule has 6 nitrogen and oxygen atoms in total. The molecule has 0 spiro atoms. The Balaban J connectivity index is 0.00000392. The molecule has 9 heteroatoms. The number of benzene rings is 1. The third kappa shape index (κ3) is 7.43. The van der Waals surface area contributed by atoms with Gasteiger partial charge in [0, 0.05) is 19.5 Å². The zero-order chi connectivity index (χ0) is 19.8. The number of thioether (sulfide) groups is 1. The van der Waals surface area contributed by atoms with Gasteiger partial charge in [0.25, 0.3) is 5.91 Å². The lowest BCUT2D eigenvalue weighted by molar-refractivity contribution is -0.144. The molecule has 0 N–H and O–H groups in total. The lowest BCUT2D eigenvalue weighted by Crippen LogP contribution is -2.29. The fraction of sp³-hybridized carbons (Fsp3) is 0.421. The number of hydrogen-bond acceptors (Lipinski definition) is 7. The van der Waals surface area contributed by atoms with Crippen LogP contribution >= 0.6 is 36.4 Å². The number of thiocarbonyl (C=S) groups is 1. The second-order valence-corrected chi connectivity index (χ2v) is 7.91. The van der Waals surface area contributed by atoms with Gasteiger partial charge in [-0.2, -0.15) is 0 Å². The number of rotatable bonds is 9. The van der Waals surface area contributed by atoms with Crippen LogP contribution in [-0.4, -0.2) is 66.9 Å². The average Bonchev–Trinajstić information content (AvgIpc) is 2.89. The summed E-state index contributed by atoms with van der Waals surface area (Å²) in [5, 5.41) is 0. The molecular weight excluding hydrogens is 420 g/mol. The second kappa shape index (κ2) is 12.1. The molecule has 1 fully saturated rings. The topological polar surface area (TPSA) is 59.1 Å². The summed E-state index contributed by atoms with van der Waals surface area (Å²) < 4.78 is 10.9. The number of methoxy groups -OCH3 is 1. The normalized spacial score (nSPS) is 15.1. The average molecular weight is 445 g/mol. The maximum Gasteiger partial charge on any atom is 0.305 e. The Morgan fingerprint density at radius 2 is 2.11 bits per heavy atom. The van der Waals surface area contributed by atoms with E-state index in [4.69, 9.17) is 21.7 Å². The van der Waals surface area contributed by atoms with Crippen LogP contribution in [0.25, 0.3) is 6.08 Å². The number of carbonyl (C=O) groups is 2. The SMILES string of the molecule is COc1cccc(/C=C2\SC(=S)N(CCCC(=O)OCCN(C)C)C2=O)c1.Cl. The Labute approximate surface area is 181 Å². The van der Waals surface area contributed by atoms with Gasteiger partial charge >= 0.3 is 5.97 Å². The minimum Gasteiger partial charge on any atom is -0.497 e. The number of esters is 1. The quantitative estimate of drug-likeness (QED) is 0.329. The van der Waals surface area contributed by atoms with Gasteiger partial charge < -0.3 is 14.4 Å². The smallest absolute Gasteiger partial charge is 0.305 e. The number of amides is 1. The van der Waals surface area contributed by atoms with Crippen LogP contribution in [0.15, 0.2) is 29.2 Å². The zero-order valence-corrected chi connectivity index (χ0v) is 18.6. The van der Waals surface area contributed by atoms with Crippen molar-refractivity contribution in [1.29, 1.82) is 0 Å². The summed E-state index contributed by atoms with van der Waals surface area (Å²) in [7, 11) is 5.44. The van der Waals surface area contributed by atoms with E-state index in [2.05, 4.69) is 0 Å². The molecule has 154 valence electrons. The highest BCUT2D eigenvalue weighted by Crippen LogP contribution is 2.33. The van der Waals surface area contributed by atoms with E-state index in [1.807, 2.05) is 43.3 Å². The van der Waals surface area contributed by atoms with E-state index in [0.717, 1.165) is 11.3 Å². The third-order valence-corrected chi connectivity index (χ3v) is 5.21. The summed E-state index contributed by atoms with van der Waals surface area (Å²) in [6, 6.07) is 7.47. The molecule has 1 amide bonds. The van der Waals surface area contributed by atoms with Crippen LogP contribution < -0.4 is 4.74 Å². The highest BCUT2D eigenvalue weighted by atomic mass is 35.5. The van der Waals surface area contributed by atoms with E-state index in [-0.39, 0.29) is 30.7 Å². The molecule has 0 aromatic heterocycles. The third-order valence-electron chi connectivity index (χ3n) is 3.83. The van der Waals surface area contributed by atoms with Crippen molar-refractivity contribution in [3.63, 3.8) is 0 Å². The Bertz CT molecular complexity index is 740. The molecule has 0 bridgehead atoms. The first kappa shape index (κ1) is 24.4. The molecular formula is C19H25ClN2O4S2. The van der Waals surface area contributed by atoms with E-state index < -0.39 is 0 Å². The number of ether oxygens (including phenoxy) is 2. The molecule has 1 heterocycles. The predicted molar refractivity (Wildman–Crippen MR) is 119 cm³/mol. The van der Waals surface area contributed by atoms with Crippen LogP contribution in [0.4, 0.5) is 0 Å². The van der Waals surface area contributed by atoms with Crippen molar-refractivity contribution >= 4 is 58.7 Å². The Hall–Kier alpha value is -1.61. The van der Waals surface area contributed by atoms with E-state index in [1.54, 1.807) is 18.1 Å². The molecule has 1 saturated heterocycles. The van der Waals surface area contributed by atoms with Gasteiger partial charge in [0.15, 0.2) is 0 Å². The number of carbonyl (C=O) groups excluding carboxylic acids is 2. The summed E-state index contributed by atoms with van der Waals surface area (Å²) in [6.45, 7) is 1.47. The first-order chi connectivity index (χ1) is 12.9. The Kier molecular flexibility index (Phi) is 10.5. The van der Waals surface area contributed by atoms with Crippen LogP contribution in [0.2, 0.25) is 0 Å². The number of likely N-dealkylation sites (N-methyl/N-ethyl adjacent to an activating group) is 1. The number of halogens is 1. The highest BCUT2D eigenvalue weighted by molar-refractivity contribution is 8.26. The molecule has 1 aromatic carbocycles. The Morgan fingerprint density at radius 3 is 2.79 bits per heavy atom. The van der Waals surface area contributed by atoms with E-state index in [1.165, 1.54) is 11.8 Å². The van der Waals surface area contributed by atoms with Crippen LogP contribution in [0, 0.1) is 0 Å². The molecule has 0 atom stereocenters. The molecule has 0 radical (unpaired) electrons. The molecule has 0 unspecified atom stereocenters. The van der Waals surface area contributed by atoms with Gasteiger partial charge in [0.1, 0.15) is 16.7 Å². The van der Waals surface area contributed by atoms with Crippen LogP contribution in [0.5, 0.6) is 5.75 Å².